The summed E-state index contributed by atoms with van der Waals surface area (Å²) in [7, 11) is 2.84. The lowest BCUT2D eigenvalue weighted by Gasteiger charge is -2.29. The first-order chi connectivity index (χ1) is 15.9. The Kier molecular flexibility index (Phi) is 8.15. The first kappa shape index (κ1) is 23.9. The SMILES string of the molecule is COC(=O)[C@H](Cc1ccccc1)N(CC(=O)ON1C(=O)CCC1=O)Cc1ccc(OC)cc1. The summed E-state index contributed by atoms with van der Waals surface area (Å²) in [5.74, 6) is -1.81. The van der Waals surface area contributed by atoms with Gasteiger partial charge < -0.3 is 14.3 Å². The number of esters is 1. The van der Waals surface area contributed by atoms with Crippen LogP contribution in [0.5, 0.6) is 5.75 Å². The number of nitrogens with zero attached hydrogens (tertiary/aromatic N) is 2. The number of hydroxylamine groups is 2. The topological polar surface area (TPSA) is 102 Å². The minimum absolute atomic E-state index is 0.000465. The molecule has 1 aliphatic rings. The predicted molar refractivity (Wildman–Crippen MR) is 117 cm³/mol. The molecule has 2 amide bonds. The molecular formula is C24H26N2O7. The molecule has 0 unspecified atom stereocenters. The van der Waals surface area contributed by atoms with Crippen LogP contribution in [0.15, 0.2) is 54.6 Å². The quantitative estimate of drug-likeness (QED) is 0.396. The molecule has 0 spiro atoms. The Morgan fingerprint density at radius 2 is 1.58 bits per heavy atom. The van der Waals surface area contributed by atoms with Crippen molar-refractivity contribution in [1.29, 1.82) is 0 Å². The normalized spacial score (nSPS) is 14.3. The van der Waals surface area contributed by atoms with E-state index in [4.69, 9.17) is 14.3 Å². The van der Waals surface area contributed by atoms with Gasteiger partial charge in [-0.3, -0.25) is 19.3 Å². The number of hydrogen-bond donors (Lipinski definition) is 0. The molecule has 0 saturated carbocycles. The first-order valence-electron chi connectivity index (χ1n) is 10.5. The summed E-state index contributed by atoms with van der Waals surface area (Å²) >= 11 is 0. The summed E-state index contributed by atoms with van der Waals surface area (Å²) < 4.78 is 10.2. The van der Waals surface area contributed by atoms with Crippen LogP contribution in [0.4, 0.5) is 0 Å². The van der Waals surface area contributed by atoms with Crippen LogP contribution in [0.3, 0.4) is 0 Å². The van der Waals surface area contributed by atoms with Gasteiger partial charge in [0, 0.05) is 19.4 Å². The summed E-state index contributed by atoms with van der Waals surface area (Å²) in [6, 6.07) is 15.7. The highest BCUT2D eigenvalue weighted by Gasteiger charge is 2.35. The van der Waals surface area contributed by atoms with E-state index in [9.17, 15) is 19.2 Å². The highest BCUT2D eigenvalue weighted by atomic mass is 16.7. The fourth-order valence-corrected chi connectivity index (χ4v) is 3.53. The lowest BCUT2D eigenvalue weighted by atomic mass is 10.0. The molecule has 0 radical (unpaired) electrons. The molecule has 9 heteroatoms. The van der Waals surface area contributed by atoms with Crippen LogP contribution >= 0.6 is 0 Å². The Balaban J connectivity index is 1.84. The standard InChI is InChI=1S/C24H26N2O7/c1-31-19-10-8-18(9-11-19)15-25(16-23(29)33-26-21(27)12-13-22(26)28)20(24(30)32-2)14-17-6-4-3-5-7-17/h3-11,20H,12-16H2,1-2H3/t20-/m0/s1. The third-order valence-corrected chi connectivity index (χ3v) is 5.26. The van der Waals surface area contributed by atoms with Gasteiger partial charge in [0.25, 0.3) is 11.8 Å². The van der Waals surface area contributed by atoms with Crippen LogP contribution in [0.1, 0.15) is 24.0 Å². The molecule has 9 nitrogen and oxygen atoms in total. The molecule has 0 bridgehead atoms. The fourth-order valence-electron chi connectivity index (χ4n) is 3.53. The van der Waals surface area contributed by atoms with Crippen LogP contribution in [0.25, 0.3) is 0 Å². The highest BCUT2D eigenvalue weighted by molar-refractivity contribution is 6.01. The molecule has 2 aromatic rings. The van der Waals surface area contributed by atoms with Gasteiger partial charge in [0.1, 0.15) is 18.3 Å². The predicted octanol–water partition coefficient (Wildman–Crippen LogP) is 1.89. The van der Waals surface area contributed by atoms with Crippen molar-refractivity contribution in [3.05, 3.63) is 65.7 Å². The minimum atomic E-state index is -0.825. The molecule has 3 rings (SSSR count). The molecule has 2 aromatic carbocycles. The van der Waals surface area contributed by atoms with E-state index in [2.05, 4.69) is 0 Å². The Morgan fingerprint density at radius 3 is 2.15 bits per heavy atom. The lowest BCUT2D eigenvalue weighted by Crippen LogP contribution is -2.47. The van der Waals surface area contributed by atoms with Crippen LogP contribution in [0, 0.1) is 0 Å². The first-order valence-corrected chi connectivity index (χ1v) is 10.5. The van der Waals surface area contributed by atoms with Gasteiger partial charge in [-0.1, -0.05) is 42.5 Å². The highest BCUT2D eigenvalue weighted by Crippen LogP contribution is 2.18. The number of ether oxygens (including phenoxy) is 2. The molecule has 1 atom stereocenters. The molecule has 1 saturated heterocycles. The zero-order valence-corrected chi connectivity index (χ0v) is 18.6. The van der Waals surface area contributed by atoms with Gasteiger partial charge in [-0.2, -0.15) is 0 Å². The zero-order chi connectivity index (χ0) is 23.8. The number of imide groups is 1. The average molecular weight is 454 g/mol. The summed E-state index contributed by atoms with van der Waals surface area (Å²) in [6.45, 7) is -0.122. The van der Waals surface area contributed by atoms with Crippen molar-refractivity contribution in [3.8, 4) is 5.75 Å². The van der Waals surface area contributed by atoms with Gasteiger partial charge in [0.2, 0.25) is 0 Å². The maximum absolute atomic E-state index is 12.7. The van der Waals surface area contributed by atoms with E-state index in [1.165, 1.54) is 7.11 Å². The largest absolute Gasteiger partial charge is 0.497 e. The Bertz CT molecular complexity index is 976. The number of amides is 2. The van der Waals surface area contributed by atoms with E-state index < -0.39 is 29.8 Å². The second-order valence-corrected chi connectivity index (χ2v) is 7.53. The summed E-state index contributed by atoms with van der Waals surface area (Å²) in [5, 5.41) is 0.498. The van der Waals surface area contributed by atoms with Crippen LogP contribution < -0.4 is 4.74 Å². The van der Waals surface area contributed by atoms with Gasteiger partial charge in [-0.15, -0.1) is 5.06 Å². The smallest absolute Gasteiger partial charge is 0.347 e. The number of carbonyl (C=O) groups excluding carboxylic acids is 4. The molecule has 174 valence electrons. The molecule has 33 heavy (non-hydrogen) atoms. The van der Waals surface area contributed by atoms with Crippen molar-refractivity contribution < 1.29 is 33.5 Å². The van der Waals surface area contributed by atoms with Crippen molar-refractivity contribution in [2.45, 2.75) is 31.8 Å². The monoisotopic (exact) mass is 454 g/mol. The van der Waals surface area contributed by atoms with Crippen LogP contribution in [0.2, 0.25) is 0 Å². The van der Waals surface area contributed by atoms with Gasteiger partial charge >= 0.3 is 11.9 Å². The van der Waals surface area contributed by atoms with Crippen molar-refractivity contribution >= 4 is 23.8 Å². The molecule has 1 aliphatic heterocycles. The summed E-state index contributed by atoms with van der Waals surface area (Å²) in [5.41, 5.74) is 1.70. The van der Waals surface area contributed by atoms with E-state index in [0.717, 1.165) is 11.1 Å². The number of benzene rings is 2. The van der Waals surface area contributed by atoms with Crippen LogP contribution in [-0.2, 0) is 41.7 Å². The third kappa shape index (κ3) is 6.39. The van der Waals surface area contributed by atoms with E-state index in [-0.39, 0.29) is 25.9 Å². The number of hydrogen-bond acceptors (Lipinski definition) is 8. The number of carbonyl (C=O) groups is 4. The van der Waals surface area contributed by atoms with E-state index in [1.807, 2.05) is 42.5 Å². The fraction of sp³-hybridized carbons (Fsp3) is 0.333. The lowest BCUT2D eigenvalue weighted by molar-refractivity contribution is -0.198. The van der Waals surface area contributed by atoms with Crippen molar-refractivity contribution in [2.24, 2.45) is 0 Å². The van der Waals surface area contributed by atoms with Crippen LogP contribution in [-0.4, -0.2) is 60.5 Å². The molecule has 1 fully saturated rings. The Morgan fingerprint density at radius 1 is 0.939 bits per heavy atom. The number of rotatable bonds is 10. The van der Waals surface area contributed by atoms with Gasteiger partial charge in [-0.05, 0) is 29.7 Å². The maximum Gasteiger partial charge on any atom is 0.347 e. The molecule has 1 heterocycles. The summed E-state index contributed by atoms with van der Waals surface area (Å²) in [6.07, 6.45) is 0.291. The molecule has 0 N–H and O–H groups in total. The zero-order valence-electron chi connectivity index (χ0n) is 18.6. The van der Waals surface area contributed by atoms with E-state index in [0.29, 0.717) is 17.2 Å². The second-order valence-electron chi connectivity index (χ2n) is 7.53. The Labute approximate surface area is 191 Å². The minimum Gasteiger partial charge on any atom is -0.497 e. The second kappa shape index (κ2) is 11.2. The van der Waals surface area contributed by atoms with Gasteiger partial charge in [0.05, 0.1) is 14.2 Å². The van der Waals surface area contributed by atoms with E-state index >= 15 is 0 Å². The van der Waals surface area contributed by atoms with Crippen molar-refractivity contribution in [2.75, 3.05) is 20.8 Å². The average Bonchev–Trinajstić information content (AvgIpc) is 3.14. The van der Waals surface area contributed by atoms with Gasteiger partial charge in [0.15, 0.2) is 0 Å². The third-order valence-electron chi connectivity index (χ3n) is 5.26. The van der Waals surface area contributed by atoms with Gasteiger partial charge in [-0.25, -0.2) is 4.79 Å². The number of methoxy groups -OCH3 is 2. The molecule has 0 aliphatic carbocycles. The summed E-state index contributed by atoms with van der Waals surface area (Å²) in [4.78, 5) is 55.7. The Hall–Kier alpha value is -3.72. The van der Waals surface area contributed by atoms with Crippen molar-refractivity contribution in [3.63, 3.8) is 0 Å². The van der Waals surface area contributed by atoms with Crippen molar-refractivity contribution in [1.82, 2.24) is 9.96 Å². The molecular weight excluding hydrogens is 428 g/mol. The maximum atomic E-state index is 12.7. The van der Waals surface area contributed by atoms with E-state index in [1.54, 1.807) is 24.1 Å². The molecule has 0 aromatic heterocycles.